The highest BCUT2D eigenvalue weighted by Gasteiger charge is 2.19. The smallest absolute Gasteiger partial charge is 0.138 e. The van der Waals surface area contributed by atoms with Crippen molar-refractivity contribution in [1.82, 2.24) is 19.6 Å². The molecule has 0 aromatic carbocycles. The van der Waals surface area contributed by atoms with Gasteiger partial charge in [-0.15, -0.1) is 0 Å². The van der Waals surface area contributed by atoms with E-state index >= 15 is 0 Å². The molecule has 2 aromatic heterocycles. The molecule has 1 N–H and O–H groups in total. The monoisotopic (exact) mass is 292 g/mol. The molecule has 1 aliphatic rings. The Balaban J connectivity index is 1.99. The molecule has 0 radical (unpaired) electrons. The van der Waals surface area contributed by atoms with E-state index in [0.717, 1.165) is 43.4 Å². The number of hydrogen-bond acceptors (Lipinski definition) is 3. The number of fused-ring (bicyclic) bond motifs is 1. The van der Waals surface area contributed by atoms with Crippen LogP contribution in [-0.4, -0.2) is 40.5 Å². The number of imidazole rings is 1. The molecule has 1 aliphatic heterocycles. The minimum absolute atomic E-state index is 0.423. The van der Waals surface area contributed by atoms with Crippen molar-refractivity contribution in [3.8, 4) is 0 Å². The molecule has 0 bridgehead atoms. The Morgan fingerprint density at radius 2 is 2.10 bits per heavy atom. The van der Waals surface area contributed by atoms with Gasteiger partial charge in [-0.1, -0.05) is 25.4 Å². The number of rotatable bonds is 3. The second-order valence-electron chi connectivity index (χ2n) is 5.70. The van der Waals surface area contributed by atoms with Crippen LogP contribution in [0.1, 0.15) is 31.2 Å². The molecular formula is C15H21ClN4. The largest absolute Gasteiger partial charge is 0.314 e. The minimum Gasteiger partial charge on any atom is -0.314 e. The topological polar surface area (TPSA) is 32.6 Å². The fourth-order valence-electron chi connectivity index (χ4n) is 2.79. The summed E-state index contributed by atoms with van der Waals surface area (Å²) in [6.45, 7) is 9.68. The quantitative estimate of drug-likeness (QED) is 0.943. The van der Waals surface area contributed by atoms with E-state index in [2.05, 4.69) is 28.5 Å². The van der Waals surface area contributed by atoms with E-state index in [1.54, 1.807) is 0 Å². The van der Waals surface area contributed by atoms with Crippen LogP contribution in [0.4, 0.5) is 0 Å². The molecule has 108 valence electrons. The van der Waals surface area contributed by atoms with Gasteiger partial charge in [0, 0.05) is 50.0 Å². The van der Waals surface area contributed by atoms with Crippen molar-refractivity contribution in [1.29, 1.82) is 0 Å². The first-order valence-electron chi connectivity index (χ1n) is 7.24. The summed E-state index contributed by atoms with van der Waals surface area (Å²) >= 11 is 6.08. The highest BCUT2D eigenvalue weighted by atomic mass is 35.5. The van der Waals surface area contributed by atoms with Crippen LogP contribution in [0.25, 0.3) is 5.65 Å². The van der Waals surface area contributed by atoms with Crippen molar-refractivity contribution in [2.45, 2.75) is 26.3 Å². The van der Waals surface area contributed by atoms with E-state index in [1.807, 2.05) is 18.3 Å². The molecule has 5 heteroatoms. The van der Waals surface area contributed by atoms with E-state index in [9.17, 15) is 0 Å². The first kappa shape index (κ1) is 13.9. The van der Waals surface area contributed by atoms with Gasteiger partial charge in [0.1, 0.15) is 5.65 Å². The van der Waals surface area contributed by atoms with Gasteiger partial charge in [-0.3, -0.25) is 4.90 Å². The highest BCUT2D eigenvalue weighted by molar-refractivity contribution is 6.30. The molecule has 4 nitrogen and oxygen atoms in total. The Morgan fingerprint density at radius 1 is 1.35 bits per heavy atom. The van der Waals surface area contributed by atoms with Crippen molar-refractivity contribution < 1.29 is 0 Å². The third-order valence-corrected chi connectivity index (χ3v) is 4.08. The first-order valence-corrected chi connectivity index (χ1v) is 7.62. The lowest BCUT2D eigenvalue weighted by molar-refractivity contribution is 0.229. The Morgan fingerprint density at radius 3 is 2.80 bits per heavy atom. The maximum atomic E-state index is 6.08. The Kier molecular flexibility index (Phi) is 3.96. The van der Waals surface area contributed by atoms with Gasteiger partial charge in [-0.2, -0.15) is 0 Å². The molecule has 0 spiro atoms. The van der Waals surface area contributed by atoms with Crippen LogP contribution in [0.15, 0.2) is 18.3 Å². The molecule has 0 aliphatic carbocycles. The Labute approximate surface area is 124 Å². The Bertz CT molecular complexity index is 599. The minimum atomic E-state index is 0.423. The second-order valence-corrected chi connectivity index (χ2v) is 6.13. The van der Waals surface area contributed by atoms with Gasteiger partial charge in [0.25, 0.3) is 0 Å². The summed E-state index contributed by atoms with van der Waals surface area (Å²) in [4.78, 5) is 7.26. The maximum absolute atomic E-state index is 6.08. The lowest BCUT2D eigenvalue weighted by atomic mass is 10.1. The van der Waals surface area contributed by atoms with Crippen LogP contribution in [0.3, 0.4) is 0 Å². The summed E-state index contributed by atoms with van der Waals surface area (Å²) in [5.41, 5.74) is 3.44. The summed E-state index contributed by atoms with van der Waals surface area (Å²) in [5, 5.41) is 4.14. The number of piperazine rings is 1. The maximum Gasteiger partial charge on any atom is 0.138 e. The fourth-order valence-corrected chi connectivity index (χ4v) is 2.94. The van der Waals surface area contributed by atoms with E-state index < -0.39 is 0 Å². The summed E-state index contributed by atoms with van der Waals surface area (Å²) in [6.07, 6.45) is 2.04. The SMILES string of the molecule is CC(C)c1nc2cc(Cl)ccn2c1CN1CCNCC1. The molecular weight excluding hydrogens is 272 g/mol. The number of aromatic nitrogens is 2. The van der Waals surface area contributed by atoms with Gasteiger partial charge < -0.3 is 9.72 Å². The molecule has 3 rings (SSSR count). The normalized spacial score (nSPS) is 17.2. The third kappa shape index (κ3) is 2.68. The van der Waals surface area contributed by atoms with Crippen molar-refractivity contribution >= 4 is 17.2 Å². The van der Waals surface area contributed by atoms with Gasteiger partial charge in [-0.25, -0.2) is 4.98 Å². The molecule has 0 unspecified atom stereocenters. The van der Waals surface area contributed by atoms with Gasteiger partial charge >= 0.3 is 0 Å². The van der Waals surface area contributed by atoms with Crippen LogP contribution in [0.5, 0.6) is 0 Å². The van der Waals surface area contributed by atoms with E-state index in [0.29, 0.717) is 5.92 Å². The molecule has 0 amide bonds. The van der Waals surface area contributed by atoms with Crippen LogP contribution in [-0.2, 0) is 6.54 Å². The van der Waals surface area contributed by atoms with Gasteiger partial charge in [0.2, 0.25) is 0 Å². The first-order chi connectivity index (χ1) is 9.65. The average molecular weight is 293 g/mol. The standard InChI is InChI=1S/C15H21ClN4/c1-11(2)15-13(10-19-7-4-17-5-8-19)20-6-3-12(16)9-14(20)18-15/h3,6,9,11,17H,4-5,7-8,10H2,1-2H3. The molecule has 0 atom stereocenters. The van der Waals surface area contributed by atoms with E-state index in [1.165, 1.54) is 11.4 Å². The van der Waals surface area contributed by atoms with Gasteiger partial charge in [0.15, 0.2) is 0 Å². The van der Waals surface area contributed by atoms with Crippen molar-refractivity contribution in [3.05, 3.63) is 34.7 Å². The molecule has 3 heterocycles. The van der Waals surface area contributed by atoms with E-state index in [-0.39, 0.29) is 0 Å². The zero-order valence-corrected chi connectivity index (χ0v) is 12.8. The number of nitrogens with zero attached hydrogens (tertiary/aromatic N) is 3. The van der Waals surface area contributed by atoms with Crippen molar-refractivity contribution in [2.24, 2.45) is 0 Å². The average Bonchev–Trinajstić information content (AvgIpc) is 2.78. The molecule has 1 fully saturated rings. The highest BCUT2D eigenvalue weighted by Crippen LogP contribution is 2.24. The zero-order valence-electron chi connectivity index (χ0n) is 12.1. The van der Waals surface area contributed by atoms with Crippen LogP contribution in [0, 0.1) is 0 Å². The third-order valence-electron chi connectivity index (χ3n) is 3.85. The second kappa shape index (κ2) is 5.72. The lowest BCUT2D eigenvalue weighted by Gasteiger charge is -2.27. The van der Waals surface area contributed by atoms with E-state index in [4.69, 9.17) is 16.6 Å². The van der Waals surface area contributed by atoms with Gasteiger partial charge in [0.05, 0.1) is 11.4 Å². The van der Waals surface area contributed by atoms with Crippen LogP contribution >= 0.6 is 11.6 Å². The summed E-state index contributed by atoms with van der Waals surface area (Å²) < 4.78 is 2.18. The number of pyridine rings is 1. The zero-order chi connectivity index (χ0) is 14.1. The molecule has 20 heavy (non-hydrogen) atoms. The molecule has 2 aromatic rings. The number of halogens is 1. The van der Waals surface area contributed by atoms with Gasteiger partial charge in [-0.05, 0) is 12.0 Å². The number of hydrogen-bond donors (Lipinski definition) is 1. The molecule has 0 saturated carbocycles. The Hall–Kier alpha value is -1.10. The predicted octanol–water partition coefficient (Wildman–Crippen LogP) is 2.52. The van der Waals surface area contributed by atoms with Crippen LogP contribution in [0.2, 0.25) is 5.02 Å². The molecule has 1 saturated heterocycles. The summed E-state index contributed by atoms with van der Waals surface area (Å²) in [7, 11) is 0. The van der Waals surface area contributed by atoms with Crippen molar-refractivity contribution in [2.75, 3.05) is 26.2 Å². The van der Waals surface area contributed by atoms with Crippen LogP contribution < -0.4 is 5.32 Å². The summed E-state index contributed by atoms with van der Waals surface area (Å²) in [6, 6.07) is 3.87. The fraction of sp³-hybridized carbons (Fsp3) is 0.533. The summed E-state index contributed by atoms with van der Waals surface area (Å²) in [5.74, 6) is 0.423. The lowest BCUT2D eigenvalue weighted by Crippen LogP contribution is -2.43. The number of nitrogens with one attached hydrogen (secondary N) is 1. The predicted molar refractivity (Wildman–Crippen MR) is 82.4 cm³/mol. The van der Waals surface area contributed by atoms with Crippen molar-refractivity contribution in [3.63, 3.8) is 0 Å².